The minimum atomic E-state index is -3.55. The molecule has 1 amide bonds. The van der Waals surface area contributed by atoms with Crippen LogP contribution in [-0.2, 0) is 19.6 Å². The molecule has 1 aliphatic rings. The highest BCUT2D eigenvalue weighted by molar-refractivity contribution is 7.89. The standard InChI is InChI=1S/C15H23N3O4S.ClH/c1-12-3-5-13(6-4-12)23(20,21)17-7-9-18(2)15(19)14-11-22-10-8-16-14;/h3-6,14,16-17H,7-11H2,1-2H3;1H. The second-order valence-electron chi connectivity index (χ2n) is 5.55. The smallest absolute Gasteiger partial charge is 0.241 e. The number of rotatable bonds is 6. The van der Waals surface area contributed by atoms with Gasteiger partial charge in [0.2, 0.25) is 15.9 Å². The fraction of sp³-hybridized carbons (Fsp3) is 0.533. The van der Waals surface area contributed by atoms with Crippen molar-refractivity contribution < 1.29 is 17.9 Å². The van der Waals surface area contributed by atoms with E-state index in [0.29, 0.717) is 26.3 Å². The third kappa shape index (κ3) is 5.71. The van der Waals surface area contributed by atoms with Crippen LogP contribution in [0.15, 0.2) is 29.2 Å². The first-order valence-corrected chi connectivity index (χ1v) is 9.01. The number of morpholine rings is 1. The number of nitrogens with zero attached hydrogens (tertiary/aromatic N) is 1. The maximum atomic E-state index is 12.2. The van der Waals surface area contributed by atoms with E-state index in [4.69, 9.17) is 4.74 Å². The van der Waals surface area contributed by atoms with Crippen LogP contribution in [0.4, 0.5) is 0 Å². The fourth-order valence-corrected chi connectivity index (χ4v) is 3.27. The average Bonchev–Trinajstić information content (AvgIpc) is 2.55. The Morgan fingerprint density at radius 2 is 2.04 bits per heavy atom. The normalized spacial score (nSPS) is 17.8. The summed E-state index contributed by atoms with van der Waals surface area (Å²) in [6, 6.07) is 6.27. The molecule has 1 aromatic carbocycles. The van der Waals surface area contributed by atoms with Crippen molar-refractivity contribution in [2.45, 2.75) is 17.9 Å². The summed E-state index contributed by atoms with van der Waals surface area (Å²) in [4.78, 5) is 13.9. The van der Waals surface area contributed by atoms with E-state index in [0.717, 1.165) is 5.56 Å². The van der Waals surface area contributed by atoms with Crippen molar-refractivity contribution in [3.05, 3.63) is 29.8 Å². The van der Waals surface area contributed by atoms with Crippen LogP contribution in [-0.4, -0.2) is 65.2 Å². The molecule has 0 saturated carbocycles. The molecule has 0 radical (unpaired) electrons. The summed E-state index contributed by atoms with van der Waals surface area (Å²) in [5, 5.41) is 3.08. The lowest BCUT2D eigenvalue weighted by Gasteiger charge is -2.27. The lowest BCUT2D eigenvalue weighted by atomic mass is 10.2. The quantitative estimate of drug-likeness (QED) is 0.736. The zero-order chi connectivity index (χ0) is 16.9. The predicted octanol–water partition coefficient (Wildman–Crippen LogP) is 0.142. The van der Waals surface area contributed by atoms with Crippen molar-refractivity contribution >= 4 is 28.3 Å². The summed E-state index contributed by atoms with van der Waals surface area (Å²) in [6.07, 6.45) is 0. The van der Waals surface area contributed by atoms with Gasteiger partial charge in [-0.25, -0.2) is 13.1 Å². The maximum Gasteiger partial charge on any atom is 0.241 e. The largest absolute Gasteiger partial charge is 0.378 e. The van der Waals surface area contributed by atoms with Crippen LogP contribution in [0.5, 0.6) is 0 Å². The van der Waals surface area contributed by atoms with Gasteiger partial charge >= 0.3 is 0 Å². The molecule has 0 bridgehead atoms. The van der Waals surface area contributed by atoms with Gasteiger partial charge in [-0.05, 0) is 19.1 Å². The maximum absolute atomic E-state index is 12.2. The molecule has 136 valence electrons. The Morgan fingerprint density at radius 1 is 1.38 bits per heavy atom. The van der Waals surface area contributed by atoms with E-state index in [-0.39, 0.29) is 35.8 Å². The van der Waals surface area contributed by atoms with E-state index in [2.05, 4.69) is 10.0 Å². The Hall–Kier alpha value is -1.19. The summed E-state index contributed by atoms with van der Waals surface area (Å²) in [6.45, 7) is 3.94. The highest BCUT2D eigenvalue weighted by atomic mass is 35.5. The van der Waals surface area contributed by atoms with E-state index >= 15 is 0 Å². The molecule has 9 heteroatoms. The van der Waals surface area contributed by atoms with Crippen molar-refractivity contribution in [1.29, 1.82) is 0 Å². The number of hydrogen-bond donors (Lipinski definition) is 2. The van der Waals surface area contributed by atoms with Gasteiger partial charge in [-0.1, -0.05) is 17.7 Å². The van der Waals surface area contributed by atoms with Gasteiger partial charge in [0.05, 0.1) is 18.1 Å². The fourth-order valence-electron chi connectivity index (χ4n) is 2.25. The van der Waals surface area contributed by atoms with Crippen molar-refractivity contribution in [2.75, 3.05) is 39.9 Å². The molecule has 24 heavy (non-hydrogen) atoms. The Morgan fingerprint density at radius 3 is 2.62 bits per heavy atom. The summed E-state index contributed by atoms with van der Waals surface area (Å²) >= 11 is 0. The number of ether oxygens (including phenoxy) is 1. The molecular formula is C15H24ClN3O4S. The second-order valence-corrected chi connectivity index (χ2v) is 7.32. The summed E-state index contributed by atoms with van der Waals surface area (Å²) in [5.74, 6) is -0.0979. The molecule has 0 aromatic heterocycles. The van der Waals surface area contributed by atoms with Gasteiger partial charge in [-0.15, -0.1) is 12.4 Å². The van der Waals surface area contributed by atoms with Crippen LogP contribution in [0.25, 0.3) is 0 Å². The minimum Gasteiger partial charge on any atom is -0.378 e. The third-order valence-corrected chi connectivity index (χ3v) is 5.14. The molecule has 2 N–H and O–H groups in total. The molecular weight excluding hydrogens is 354 g/mol. The number of hydrogen-bond acceptors (Lipinski definition) is 5. The first kappa shape index (κ1) is 20.9. The second kappa shape index (κ2) is 9.33. The highest BCUT2D eigenvalue weighted by Crippen LogP contribution is 2.09. The molecule has 2 rings (SSSR count). The molecule has 0 aliphatic carbocycles. The number of carbonyl (C=O) groups excluding carboxylic acids is 1. The van der Waals surface area contributed by atoms with Gasteiger partial charge in [0.25, 0.3) is 0 Å². The Labute approximate surface area is 149 Å². The van der Waals surface area contributed by atoms with Crippen molar-refractivity contribution in [3.63, 3.8) is 0 Å². The third-order valence-electron chi connectivity index (χ3n) is 3.67. The lowest BCUT2D eigenvalue weighted by molar-refractivity contribution is -0.134. The predicted molar refractivity (Wildman–Crippen MR) is 93.9 cm³/mol. The number of aryl methyl sites for hydroxylation is 1. The summed E-state index contributed by atoms with van der Waals surface area (Å²) in [5.41, 5.74) is 0.997. The molecule has 1 unspecified atom stereocenters. The zero-order valence-corrected chi connectivity index (χ0v) is 15.5. The van der Waals surface area contributed by atoms with Crippen LogP contribution in [0, 0.1) is 6.92 Å². The van der Waals surface area contributed by atoms with Crippen LogP contribution >= 0.6 is 12.4 Å². The number of likely N-dealkylation sites (N-methyl/N-ethyl adjacent to an activating group) is 1. The molecule has 1 saturated heterocycles. The number of amides is 1. The van der Waals surface area contributed by atoms with Crippen LogP contribution in [0.1, 0.15) is 5.56 Å². The summed E-state index contributed by atoms with van der Waals surface area (Å²) in [7, 11) is -1.90. The summed E-state index contributed by atoms with van der Waals surface area (Å²) < 4.78 is 32.1. The first-order chi connectivity index (χ1) is 10.9. The molecule has 1 aliphatic heterocycles. The lowest BCUT2D eigenvalue weighted by Crippen LogP contribution is -2.52. The van der Waals surface area contributed by atoms with Gasteiger partial charge in [0.15, 0.2) is 0 Å². The Bertz CT molecular complexity index is 631. The molecule has 7 nitrogen and oxygen atoms in total. The highest BCUT2D eigenvalue weighted by Gasteiger charge is 2.24. The molecule has 1 aromatic rings. The van der Waals surface area contributed by atoms with E-state index in [1.807, 2.05) is 6.92 Å². The average molecular weight is 378 g/mol. The van der Waals surface area contributed by atoms with Gasteiger partial charge in [0.1, 0.15) is 6.04 Å². The van der Waals surface area contributed by atoms with Gasteiger partial charge in [-0.2, -0.15) is 0 Å². The Balaban J connectivity index is 0.00000288. The van der Waals surface area contributed by atoms with Crippen molar-refractivity contribution in [1.82, 2.24) is 14.9 Å². The molecule has 1 fully saturated rings. The van der Waals surface area contributed by atoms with Crippen molar-refractivity contribution in [2.24, 2.45) is 0 Å². The van der Waals surface area contributed by atoms with Gasteiger partial charge < -0.3 is 15.0 Å². The number of sulfonamides is 1. The number of carbonyl (C=O) groups is 1. The monoisotopic (exact) mass is 377 g/mol. The van der Waals surface area contributed by atoms with E-state index in [9.17, 15) is 13.2 Å². The van der Waals surface area contributed by atoms with E-state index in [1.165, 1.54) is 4.90 Å². The Kier molecular flexibility index (Phi) is 8.11. The molecule has 1 heterocycles. The molecule has 0 spiro atoms. The van der Waals surface area contributed by atoms with Gasteiger partial charge in [0, 0.05) is 26.7 Å². The number of nitrogens with one attached hydrogen (secondary N) is 2. The topological polar surface area (TPSA) is 87.7 Å². The SMILES string of the molecule is Cc1ccc(S(=O)(=O)NCCN(C)C(=O)C2COCCN2)cc1.Cl. The van der Waals surface area contributed by atoms with Gasteiger partial charge in [-0.3, -0.25) is 4.79 Å². The minimum absolute atomic E-state index is 0. The number of benzene rings is 1. The number of halogens is 1. The zero-order valence-electron chi connectivity index (χ0n) is 13.8. The van der Waals surface area contributed by atoms with Crippen LogP contribution in [0.3, 0.4) is 0 Å². The van der Waals surface area contributed by atoms with Crippen LogP contribution in [0.2, 0.25) is 0 Å². The van der Waals surface area contributed by atoms with Crippen molar-refractivity contribution in [3.8, 4) is 0 Å². The van der Waals surface area contributed by atoms with Crippen LogP contribution < -0.4 is 10.0 Å². The van der Waals surface area contributed by atoms with E-state index in [1.54, 1.807) is 31.3 Å². The molecule has 1 atom stereocenters. The van der Waals surface area contributed by atoms with E-state index < -0.39 is 10.0 Å². The first-order valence-electron chi connectivity index (χ1n) is 7.52.